The lowest BCUT2D eigenvalue weighted by Gasteiger charge is -1.93. The van der Waals surface area contributed by atoms with Crippen LogP contribution in [0.2, 0.25) is 0 Å². The van der Waals surface area contributed by atoms with Crippen molar-refractivity contribution < 1.29 is 5.94 Å². The van der Waals surface area contributed by atoms with Gasteiger partial charge in [-0.3, -0.25) is 0 Å². The maximum Gasteiger partial charge on any atom is 0.0264 e. The molecule has 0 N–H and O–H groups in total. The molecule has 0 amide bonds. The predicted octanol–water partition coefficient (Wildman–Crippen LogP) is 13.6. The van der Waals surface area contributed by atoms with E-state index in [0.29, 0.717) is 0 Å². The largest absolute Gasteiger partial charge is 0.0616 e. The van der Waals surface area contributed by atoms with Gasteiger partial charge in [0.1, 0.15) is 0 Å². The van der Waals surface area contributed by atoms with Crippen LogP contribution in [-0.4, -0.2) is 0 Å². The number of hydrogen-bond acceptors (Lipinski definition) is 0. The number of aryl methyl sites for hydroxylation is 6. The summed E-state index contributed by atoms with van der Waals surface area (Å²) >= 11 is 0. The Morgan fingerprint density at radius 2 is 0.296 bits per heavy atom. The van der Waals surface area contributed by atoms with E-state index >= 15 is 0 Å². The summed E-state index contributed by atoms with van der Waals surface area (Å²) in [6, 6.07) is 77.9. The number of benzene rings is 6. The molecule has 0 saturated heterocycles. The summed E-state index contributed by atoms with van der Waals surface area (Å²) in [5.41, 5.74) is 6.65. The van der Waals surface area contributed by atoms with E-state index < -0.39 is 0 Å². The van der Waals surface area contributed by atoms with E-state index in [-0.39, 0.29) is 0 Å². The van der Waals surface area contributed by atoms with Gasteiger partial charge in [0.2, 0.25) is 0 Å². The minimum atomic E-state index is 0.918. The summed E-state index contributed by atoms with van der Waals surface area (Å²) in [5, 5.41) is 11.0. The monoisotopic (exact) mass is 692 g/mol. The molecule has 0 atom stereocenters. The van der Waals surface area contributed by atoms with Gasteiger partial charge in [-0.2, -0.15) is 0 Å². The molecule has 0 heteroatoms. The molecule has 0 aliphatic heterocycles. The van der Waals surface area contributed by atoms with E-state index in [4.69, 9.17) is 5.94 Å². The van der Waals surface area contributed by atoms with Crippen LogP contribution in [-0.2, 0) is 0 Å². The molecule has 54 heavy (non-hydrogen) atoms. The number of hydrogen-bond donors (Lipinski definition) is 0. The Morgan fingerprint density at radius 1 is 0.204 bits per heavy atom. The van der Waals surface area contributed by atoms with Gasteiger partial charge in [-0.1, -0.05) is 72.8 Å². The van der Waals surface area contributed by atoms with Crippen molar-refractivity contribution in [3.63, 3.8) is 0 Å². The highest BCUT2D eigenvalue weighted by atomic mass is 14.0. The predicted molar refractivity (Wildman–Crippen MR) is 229 cm³/mol. The summed E-state index contributed by atoms with van der Waals surface area (Å²) in [6.07, 6.45) is 0. The van der Waals surface area contributed by atoms with Crippen LogP contribution >= 0.6 is 0 Å². The molecule has 0 saturated carbocycles. The third-order valence-electron chi connectivity index (χ3n) is 8.57. The van der Waals surface area contributed by atoms with E-state index in [1.165, 1.54) is 0 Å². The molecular formula is C54H40. The Kier molecular flexibility index (Phi) is 9.36. The van der Waals surface area contributed by atoms with Crippen molar-refractivity contribution in [1.82, 2.24) is 0 Å². The quantitative estimate of drug-likeness (QED) is 0.148. The van der Waals surface area contributed by atoms with Crippen molar-refractivity contribution in [1.29, 1.82) is 0 Å². The second kappa shape index (κ2) is 15.5. The molecule has 0 spiro atoms. The SMILES string of the molecule is Cc1cc2c#cc3cc(C)cc(c#cc4cc(C)cc(c#cc5cc(C)cc(c#cc6cc(C)cc(c#cc7cc(C)cc(c#cc(c1)c2)c7)c6)c5)c4)c3.[2H][2H].[2H][2H]. The average molecular weight is 693 g/mol. The first-order chi connectivity index (χ1) is 28.1. The third-order valence-corrected chi connectivity index (χ3v) is 8.57. The fraction of sp³-hybridized carbons (Fsp3) is 0.111. The van der Waals surface area contributed by atoms with Crippen molar-refractivity contribution in [2.24, 2.45) is 0 Å². The molecule has 7 aromatic rings. The van der Waals surface area contributed by atoms with Crippen LogP contribution in [0.4, 0.5) is 0 Å². The van der Waals surface area contributed by atoms with Crippen LogP contribution in [0, 0.1) is 114 Å². The van der Waals surface area contributed by atoms with Gasteiger partial charge in [-0.05, 0) is 184 Å². The zero-order valence-electron chi connectivity index (χ0n) is 35.4. The fourth-order valence-electron chi connectivity index (χ4n) is 6.43. The molecule has 0 radical (unpaired) electrons. The molecule has 0 aromatic heterocycles. The normalized spacial score (nSPS) is 10.2. The van der Waals surface area contributed by atoms with Crippen LogP contribution in [0.5, 0.6) is 0 Å². The van der Waals surface area contributed by atoms with Crippen LogP contribution in [0.1, 0.15) is 39.3 Å². The molecule has 12 bridgehead atoms. The van der Waals surface area contributed by atoms with Gasteiger partial charge >= 0.3 is 0 Å². The van der Waals surface area contributed by atoms with Gasteiger partial charge in [0, 0.05) is 70.6 Å². The molecule has 0 heterocycles. The summed E-state index contributed by atoms with van der Waals surface area (Å²) in [4.78, 5) is 0. The fourth-order valence-corrected chi connectivity index (χ4v) is 6.43. The highest BCUT2D eigenvalue weighted by molar-refractivity contribution is 5.73. The highest BCUT2D eigenvalue weighted by Gasteiger charge is 1.93. The van der Waals surface area contributed by atoms with E-state index in [2.05, 4.69) is 187 Å². The molecule has 7 rings (SSSR count). The lowest BCUT2D eigenvalue weighted by Crippen LogP contribution is -1.72. The maximum absolute atomic E-state index is 5.00. The van der Waals surface area contributed by atoms with E-state index in [1.807, 2.05) is 36.4 Å². The number of rotatable bonds is 0. The van der Waals surface area contributed by atoms with Gasteiger partial charge < -0.3 is 0 Å². The second-order valence-electron chi connectivity index (χ2n) is 14.0. The van der Waals surface area contributed by atoms with Crippen LogP contribution in [0.15, 0.2) is 109 Å². The van der Waals surface area contributed by atoms with Gasteiger partial charge in [-0.15, -0.1) is 0 Å². The average Bonchev–Trinajstić information content (AvgIpc) is 3.19. The van der Waals surface area contributed by atoms with Gasteiger partial charge in [-0.25, -0.2) is 0 Å². The van der Waals surface area contributed by atoms with Crippen LogP contribution in [0.25, 0.3) is 64.6 Å². The summed E-state index contributed by atoms with van der Waals surface area (Å²) in [5.74, 6) is 0. The molecule has 0 unspecified atom stereocenters. The molecule has 7 aromatic carbocycles. The molecule has 256 valence electrons. The first-order valence-electron chi connectivity index (χ1n) is 19.9. The van der Waals surface area contributed by atoms with E-state index in [1.54, 1.807) is 0 Å². The summed E-state index contributed by atoms with van der Waals surface area (Å²) in [7, 11) is 0. The first kappa shape index (κ1) is 32.6. The van der Waals surface area contributed by atoms with Gasteiger partial charge in [0.05, 0.1) is 0 Å². The molecular weight excluding hydrogens is 649 g/mol. The number of fused-ring (bicyclic) bond motifs is 12. The summed E-state index contributed by atoms with van der Waals surface area (Å²) < 4.78 is 20.0. The topological polar surface area (TPSA) is 0 Å². The van der Waals surface area contributed by atoms with Crippen molar-refractivity contribution in [2.75, 3.05) is 0 Å². The zero-order chi connectivity index (χ0) is 41.6. The van der Waals surface area contributed by atoms with Crippen LogP contribution in [0.3, 0.4) is 0 Å². The lowest BCUT2D eigenvalue weighted by molar-refractivity contribution is 1.51. The minimum absolute atomic E-state index is 0.918. The van der Waals surface area contributed by atoms with Crippen molar-refractivity contribution in [3.05, 3.63) is 215 Å². The Bertz CT molecular complexity index is 2220. The second-order valence-corrected chi connectivity index (χ2v) is 14.0. The molecule has 0 aliphatic rings. The Balaban J connectivity index is 0.00000155. The van der Waals surface area contributed by atoms with Gasteiger partial charge in [0.15, 0.2) is 0 Å². The maximum atomic E-state index is 5.00. The van der Waals surface area contributed by atoms with Crippen LogP contribution < -0.4 is 0 Å². The summed E-state index contributed by atoms with van der Waals surface area (Å²) in [6.45, 7) is 12.5. The lowest BCUT2D eigenvalue weighted by atomic mass is 10.1. The molecule has 0 nitrogen and oxygen atoms in total. The smallest absolute Gasteiger partial charge is 0.0264 e. The first-order valence-corrected chi connectivity index (χ1v) is 17.9. The Morgan fingerprint density at radius 3 is 0.389 bits per heavy atom. The van der Waals surface area contributed by atoms with Gasteiger partial charge in [0.25, 0.3) is 0 Å². The van der Waals surface area contributed by atoms with Crippen molar-refractivity contribution >= 4 is 64.6 Å². The molecule has 0 fully saturated rings. The van der Waals surface area contributed by atoms with Crippen molar-refractivity contribution in [2.45, 2.75) is 41.5 Å². The minimum Gasteiger partial charge on any atom is -0.0616 e. The molecule has 0 aliphatic carbocycles. The zero-order valence-corrected chi connectivity index (χ0v) is 31.4. The van der Waals surface area contributed by atoms with Crippen molar-refractivity contribution in [3.8, 4) is 0 Å². The third kappa shape index (κ3) is 9.51. The van der Waals surface area contributed by atoms with E-state index in [0.717, 1.165) is 98.0 Å². The Hall–Kier alpha value is -7.32. The highest BCUT2D eigenvalue weighted by Crippen LogP contribution is 2.14. The standard InChI is InChI=1S/C54H36.2H2/c1-37-19-43-7-9-45-21-38(2)23-47(32-45)11-13-49-25-40(4)27-51(34-49)15-17-53-29-42(6)30-54(36-53)18-16-52-28-41(5)26-50(35-52)14-12-48-24-39(3)22-46(33-48)10-8-44(20-37)31-43;;/h19-36H,1-6H3;2*1H/i;2*1+1D. The van der Waals surface area contributed by atoms with E-state index in [9.17, 15) is 0 Å². The Labute approximate surface area is 326 Å².